The summed E-state index contributed by atoms with van der Waals surface area (Å²) in [5, 5.41) is 0.428. The molecule has 1 aliphatic heterocycles. The normalized spacial score (nSPS) is 16.5. The lowest BCUT2D eigenvalue weighted by molar-refractivity contribution is -0.128. The molecule has 7 nitrogen and oxygen atoms in total. The van der Waals surface area contributed by atoms with Crippen LogP contribution in [0, 0.1) is 5.92 Å². The zero-order valence-corrected chi connectivity index (χ0v) is 15.2. The van der Waals surface area contributed by atoms with Crippen molar-refractivity contribution in [1.29, 1.82) is 0 Å². The molecule has 2 amide bonds. The Kier molecular flexibility index (Phi) is 4.89. The van der Waals surface area contributed by atoms with Gasteiger partial charge in [-0.3, -0.25) is 19.8 Å². The van der Waals surface area contributed by atoms with Crippen LogP contribution in [-0.4, -0.2) is 39.5 Å². The van der Waals surface area contributed by atoms with Gasteiger partial charge in [0.15, 0.2) is 0 Å². The summed E-state index contributed by atoms with van der Waals surface area (Å²) in [6.07, 6.45) is 2.19. The number of likely N-dealkylation sites (tertiary alicyclic amines) is 1. The van der Waals surface area contributed by atoms with E-state index in [1.54, 1.807) is 29.2 Å². The van der Waals surface area contributed by atoms with E-state index in [4.69, 9.17) is 0 Å². The Morgan fingerprint density at radius 2 is 1.82 bits per heavy atom. The first-order valence-electron chi connectivity index (χ1n) is 9.21. The fourth-order valence-corrected chi connectivity index (χ4v) is 3.43. The lowest BCUT2D eigenvalue weighted by Crippen LogP contribution is -2.37. The minimum atomic E-state index is -0.485. The van der Waals surface area contributed by atoms with Crippen molar-refractivity contribution in [3.63, 3.8) is 0 Å². The van der Waals surface area contributed by atoms with E-state index in [1.165, 1.54) is 6.33 Å². The summed E-state index contributed by atoms with van der Waals surface area (Å²) in [5.41, 5.74) is 3.96. The topological polar surface area (TPSA) is 84.3 Å². The maximum atomic E-state index is 12.6. The van der Waals surface area contributed by atoms with Crippen LogP contribution in [0.4, 0.5) is 0 Å². The van der Waals surface area contributed by atoms with Crippen LogP contribution in [0.2, 0.25) is 0 Å². The van der Waals surface area contributed by atoms with E-state index in [2.05, 4.69) is 10.4 Å². The Morgan fingerprint density at radius 1 is 1.07 bits per heavy atom. The van der Waals surface area contributed by atoms with Crippen molar-refractivity contribution in [2.45, 2.75) is 12.8 Å². The highest BCUT2D eigenvalue weighted by atomic mass is 16.2. The second kappa shape index (κ2) is 7.64. The molecule has 0 radical (unpaired) electrons. The lowest BCUT2D eigenvalue weighted by atomic mass is 10.1. The van der Waals surface area contributed by atoms with Crippen LogP contribution in [0.25, 0.3) is 10.9 Å². The van der Waals surface area contributed by atoms with Crippen LogP contribution in [0.1, 0.15) is 12.0 Å². The molecule has 1 saturated heterocycles. The summed E-state index contributed by atoms with van der Waals surface area (Å²) in [7, 11) is 0. The molecule has 1 N–H and O–H groups in total. The largest absolute Gasteiger partial charge is 0.342 e. The second-order valence-corrected chi connectivity index (χ2v) is 6.89. The number of para-hydroxylation sites is 1. The lowest BCUT2D eigenvalue weighted by Gasteiger charge is -2.17. The molecule has 1 aromatic heterocycles. The molecule has 142 valence electrons. The van der Waals surface area contributed by atoms with Crippen molar-refractivity contribution < 1.29 is 9.59 Å². The third-order valence-corrected chi connectivity index (χ3v) is 4.99. The Balaban J connectivity index is 1.41. The number of carbonyl (C=O) groups excluding carboxylic acids is 2. The molecule has 1 atom stereocenters. The first-order chi connectivity index (χ1) is 13.6. The smallest absolute Gasteiger partial charge is 0.280 e. The van der Waals surface area contributed by atoms with Gasteiger partial charge in [0.25, 0.3) is 5.56 Å². The van der Waals surface area contributed by atoms with Crippen LogP contribution < -0.4 is 11.0 Å². The number of benzene rings is 2. The molecule has 0 aliphatic carbocycles. The summed E-state index contributed by atoms with van der Waals surface area (Å²) in [5.74, 6) is -0.878. The van der Waals surface area contributed by atoms with Crippen molar-refractivity contribution in [3.8, 4) is 0 Å². The third kappa shape index (κ3) is 3.64. The first-order valence-corrected chi connectivity index (χ1v) is 9.21. The molecule has 1 aliphatic rings. The van der Waals surface area contributed by atoms with Gasteiger partial charge < -0.3 is 4.90 Å². The highest BCUT2D eigenvalue weighted by Gasteiger charge is 2.34. The molecule has 0 saturated carbocycles. The van der Waals surface area contributed by atoms with E-state index < -0.39 is 5.92 Å². The van der Waals surface area contributed by atoms with Gasteiger partial charge >= 0.3 is 0 Å². The van der Waals surface area contributed by atoms with Gasteiger partial charge in [0.1, 0.15) is 6.33 Å². The zero-order valence-electron chi connectivity index (χ0n) is 15.2. The summed E-state index contributed by atoms with van der Waals surface area (Å²) in [6.45, 7) is 0.928. The number of nitrogens with one attached hydrogen (secondary N) is 1. The number of fused-ring (bicyclic) bond motifs is 1. The van der Waals surface area contributed by atoms with E-state index in [9.17, 15) is 14.4 Å². The first kappa shape index (κ1) is 17.9. The molecule has 2 aromatic carbocycles. The summed E-state index contributed by atoms with van der Waals surface area (Å²) in [4.78, 5) is 43.3. The molecule has 0 unspecified atom stereocenters. The average Bonchev–Trinajstić information content (AvgIpc) is 3.10. The molecule has 1 fully saturated rings. The van der Waals surface area contributed by atoms with E-state index in [0.29, 0.717) is 24.0 Å². The van der Waals surface area contributed by atoms with Crippen LogP contribution >= 0.6 is 0 Å². The van der Waals surface area contributed by atoms with Crippen molar-refractivity contribution in [1.82, 2.24) is 14.6 Å². The van der Waals surface area contributed by atoms with Crippen molar-refractivity contribution in [2.24, 2.45) is 5.92 Å². The number of hydrogen-bond acceptors (Lipinski definition) is 4. The minimum Gasteiger partial charge on any atom is -0.342 e. The second-order valence-electron chi connectivity index (χ2n) is 6.89. The van der Waals surface area contributed by atoms with Crippen LogP contribution in [0.15, 0.2) is 65.7 Å². The predicted octanol–water partition coefficient (Wildman–Crippen LogP) is 1.56. The van der Waals surface area contributed by atoms with Gasteiger partial charge in [-0.2, -0.15) is 0 Å². The summed E-state index contributed by atoms with van der Waals surface area (Å²) < 4.78 is 1.09. The maximum Gasteiger partial charge on any atom is 0.280 e. The average molecular weight is 376 g/mol. The van der Waals surface area contributed by atoms with E-state index in [1.807, 2.05) is 30.3 Å². The standard InChI is InChI=1S/C21H20N4O3/c26-19-12-16(13-24(19)11-10-15-6-2-1-3-7-15)20(27)23-25-14-22-18-9-5-4-8-17(18)21(25)28/h1-9,14,16H,10-13H2,(H,23,27)/t16-/m1/s1. The van der Waals surface area contributed by atoms with Crippen LogP contribution in [0.5, 0.6) is 0 Å². The minimum absolute atomic E-state index is 0.0416. The quantitative estimate of drug-likeness (QED) is 0.732. The fourth-order valence-electron chi connectivity index (χ4n) is 3.43. The van der Waals surface area contributed by atoms with Gasteiger partial charge in [0.05, 0.1) is 16.8 Å². The van der Waals surface area contributed by atoms with Crippen LogP contribution in [-0.2, 0) is 16.0 Å². The molecule has 0 spiro atoms. The Morgan fingerprint density at radius 3 is 2.64 bits per heavy atom. The number of hydrogen-bond donors (Lipinski definition) is 1. The molecule has 2 heterocycles. The van der Waals surface area contributed by atoms with Crippen molar-refractivity contribution in [2.75, 3.05) is 18.5 Å². The molecule has 7 heteroatoms. The summed E-state index contributed by atoms with van der Waals surface area (Å²) in [6, 6.07) is 16.9. The third-order valence-electron chi connectivity index (χ3n) is 4.99. The van der Waals surface area contributed by atoms with Crippen molar-refractivity contribution >= 4 is 22.7 Å². The van der Waals surface area contributed by atoms with Crippen molar-refractivity contribution in [3.05, 3.63) is 76.8 Å². The van der Waals surface area contributed by atoms with Gasteiger partial charge in [-0.1, -0.05) is 42.5 Å². The molecule has 28 heavy (non-hydrogen) atoms. The molecule has 3 aromatic rings. The zero-order chi connectivity index (χ0) is 19.5. The van der Waals surface area contributed by atoms with E-state index >= 15 is 0 Å². The Labute approximate surface area is 161 Å². The molecule has 4 rings (SSSR count). The van der Waals surface area contributed by atoms with E-state index in [-0.39, 0.29) is 23.8 Å². The van der Waals surface area contributed by atoms with Crippen LogP contribution in [0.3, 0.4) is 0 Å². The summed E-state index contributed by atoms with van der Waals surface area (Å²) >= 11 is 0. The van der Waals surface area contributed by atoms with Gasteiger partial charge in [0, 0.05) is 19.5 Å². The predicted molar refractivity (Wildman–Crippen MR) is 105 cm³/mol. The van der Waals surface area contributed by atoms with E-state index in [0.717, 1.165) is 16.7 Å². The monoisotopic (exact) mass is 376 g/mol. The highest BCUT2D eigenvalue weighted by Crippen LogP contribution is 2.19. The fraction of sp³-hybridized carbons (Fsp3) is 0.238. The number of nitrogens with zero attached hydrogens (tertiary/aromatic N) is 3. The molecular formula is C21H20N4O3. The van der Waals surface area contributed by atoms with Gasteiger partial charge in [-0.05, 0) is 24.1 Å². The van der Waals surface area contributed by atoms with Gasteiger partial charge in [-0.15, -0.1) is 0 Å². The number of carbonyl (C=O) groups is 2. The number of aromatic nitrogens is 2. The Hall–Kier alpha value is -3.48. The van der Waals surface area contributed by atoms with Gasteiger partial charge in [0.2, 0.25) is 11.8 Å². The SMILES string of the molecule is O=C(Nn1cnc2ccccc2c1=O)[C@@H]1CC(=O)N(CCc2ccccc2)C1. The highest BCUT2D eigenvalue weighted by molar-refractivity contribution is 5.93. The number of amides is 2. The number of rotatable bonds is 5. The maximum absolute atomic E-state index is 12.6. The Bertz CT molecular complexity index is 1080. The molecular weight excluding hydrogens is 356 g/mol. The molecule has 0 bridgehead atoms. The van der Waals surface area contributed by atoms with Gasteiger partial charge in [-0.25, -0.2) is 9.66 Å².